The Morgan fingerprint density at radius 3 is 2.72 bits per heavy atom. The lowest BCUT2D eigenvalue weighted by molar-refractivity contribution is 0.0980. The van der Waals surface area contributed by atoms with Gasteiger partial charge in [0.05, 0.1) is 6.61 Å². The standard InChI is InChI=1S/C14H23ClN2O/c1-3-17(8-9-18-4-2)14(11-16)12-6-5-7-13(15)10-12/h5-7,10,14H,3-4,8-9,11,16H2,1-2H3. The molecule has 1 rings (SSSR count). The molecule has 0 aromatic heterocycles. The maximum absolute atomic E-state index is 6.04. The highest BCUT2D eigenvalue weighted by atomic mass is 35.5. The number of rotatable bonds is 8. The van der Waals surface area contributed by atoms with Crippen molar-refractivity contribution in [2.45, 2.75) is 19.9 Å². The molecule has 18 heavy (non-hydrogen) atoms. The average molecular weight is 271 g/mol. The van der Waals surface area contributed by atoms with Crippen molar-refractivity contribution in [3.63, 3.8) is 0 Å². The minimum atomic E-state index is 0.203. The third kappa shape index (κ3) is 4.58. The van der Waals surface area contributed by atoms with Crippen molar-refractivity contribution in [1.29, 1.82) is 0 Å². The highest BCUT2D eigenvalue weighted by Gasteiger charge is 2.17. The third-order valence-corrected chi connectivity index (χ3v) is 3.27. The molecule has 0 fully saturated rings. The van der Waals surface area contributed by atoms with Gasteiger partial charge in [-0.1, -0.05) is 30.7 Å². The van der Waals surface area contributed by atoms with Crippen LogP contribution >= 0.6 is 11.6 Å². The van der Waals surface area contributed by atoms with E-state index in [-0.39, 0.29) is 6.04 Å². The summed E-state index contributed by atoms with van der Waals surface area (Å²) >= 11 is 6.04. The van der Waals surface area contributed by atoms with Gasteiger partial charge in [0.15, 0.2) is 0 Å². The summed E-state index contributed by atoms with van der Waals surface area (Å²) in [7, 11) is 0. The summed E-state index contributed by atoms with van der Waals surface area (Å²) < 4.78 is 5.41. The molecule has 1 aromatic carbocycles. The monoisotopic (exact) mass is 270 g/mol. The number of hydrogen-bond donors (Lipinski definition) is 1. The van der Waals surface area contributed by atoms with Gasteiger partial charge in [0.1, 0.15) is 0 Å². The first-order valence-electron chi connectivity index (χ1n) is 6.50. The second kappa shape index (κ2) is 8.48. The highest BCUT2D eigenvalue weighted by Crippen LogP contribution is 2.22. The molecule has 2 N–H and O–H groups in total. The SMILES string of the molecule is CCOCCN(CC)C(CN)c1cccc(Cl)c1. The Morgan fingerprint density at radius 2 is 2.17 bits per heavy atom. The molecule has 3 nitrogen and oxygen atoms in total. The van der Waals surface area contributed by atoms with Crippen LogP contribution in [0.25, 0.3) is 0 Å². The smallest absolute Gasteiger partial charge is 0.0593 e. The fourth-order valence-electron chi connectivity index (χ4n) is 2.07. The summed E-state index contributed by atoms with van der Waals surface area (Å²) in [5, 5.41) is 0.756. The number of nitrogens with two attached hydrogens (primary N) is 1. The first-order chi connectivity index (χ1) is 8.72. The Labute approximate surface area is 115 Å². The van der Waals surface area contributed by atoms with Gasteiger partial charge in [-0.25, -0.2) is 0 Å². The van der Waals surface area contributed by atoms with Crippen LogP contribution in [0.1, 0.15) is 25.5 Å². The van der Waals surface area contributed by atoms with E-state index < -0.39 is 0 Å². The lowest BCUT2D eigenvalue weighted by atomic mass is 10.1. The van der Waals surface area contributed by atoms with E-state index in [1.807, 2.05) is 25.1 Å². The second-order valence-corrected chi connectivity index (χ2v) is 4.57. The molecule has 0 radical (unpaired) electrons. The van der Waals surface area contributed by atoms with E-state index in [0.717, 1.165) is 31.3 Å². The van der Waals surface area contributed by atoms with Crippen molar-refractivity contribution in [3.05, 3.63) is 34.9 Å². The zero-order valence-corrected chi connectivity index (χ0v) is 12.0. The lowest BCUT2D eigenvalue weighted by Gasteiger charge is -2.30. The largest absolute Gasteiger partial charge is 0.380 e. The fourth-order valence-corrected chi connectivity index (χ4v) is 2.27. The molecule has 102 valence electrons. The Hall–Kier alpha value is -0.610. The summed E-state index contributed by atoms with van der Waals surface area (Å²) in [6.45, 7) is 8.05. The summed E-state index contributed by atoms with van der Waals surface area (Å²) in [5.41, 5.74) is 7.08. The van der Waals surface area contributed by atoms with Crippen LogP contribution in [-0.4, -0.2) is 37.7 Å². The van der Waals surface area contributed by atoms with Crippen molar-refractivity contribution in [2.24, 2.45) is 5.73 Å². The van der Waals surface area contributed by atoms with Crippen LogP contribution in [0.4, 0.5) is 0 Å². The normalized spacial score (nSPS) is 12.9. The minimum absolute atomic E-state index is 0.203. The van der Waals surface area contributed by atoms with Crippen molar-refractivity contribution in [1.82, 2.24) is 4.90 Å². The summed E-state index contributed by atoms with van der Waals surface area (Å²) in [4.78, 5) is 2.32. The van der Waals surface area contributed by atoms with E-state index in [9.17, 15) is 0 Å². The van der Waals surface area contributed by atoms with Crippen molar-refractivity contribution < 1.29 is 4.74 Å². The maximum atomic E-state index is 6.04. The van der Waals surface area contributed by atoms with Crippen LogP contribution in [0, 0.1) is 0 Å². The molecular formula is C14H23ClN2O. The van der Waals surface area contributed by atoms with E-state index >= 15 is 0 Å². The van der Waals surface area contributed by atoms with Crippen LogP contribution in [0.5, 0.6) is 0 Å². The highest BCUT2D eigenvalue weighted by molar-refractivity contribution is 6.30. The van der Waals surface area contributed by atoms with Gasteiger partial charge >= 0.3 is 0 Å². The predicted molar refractivity (Wildman–Crippen MR) is 77.0 cm³/mol. The molecule has 1 atom stereocenters. The first kappa shape index (κ1) is 15.4. The van der Waals surface area contributed by atoms with Crippen molar-refractivity contribution in [2.75, 3.05) is 32.8 Å². The van der Waals surface area contributed by atoms with Gasteiger partial charge in [-0.15, -0.1) is 0 Å². The van der Waals surface area contributed by atoms with Crippen LogP contribution < -0.4 is 5.73 Å². The van der Waals surface area contributed by atoms with E-state index in [4.69, 9.17) is 22.1 Å². The fraction of sp³-hybridized carbons (Fsp3) is 0.571. The molecule has 0 amide bonds. The van der Waals surface area contributed by atoms with Crippen LogP contribution in [0.3, 0.4) is 0 Å². The van der Waals surface area contributed by atoms with Crippen LogP contribution in [-0.2, 0) is 4.74 Å². The van der Waals surface area contributed by atoms with Gasteiger partial charge in [0.2, 0.25) is 0 Å². The molecule has 0 bridgehead atoms. The van der Waals surface area contributed by atoms with E-state index in [1.165, 1.54) is 5.56 Å². The Morgan fingerprint density at radius 1 is 1.39 bits per heavy atom. The number of likely N-dealkylation sites (N-methyl/N-ethyl adjacent to an activating group) is 1. The van der Waals surface area contributed by atoms with E-state index in [2.05, 4.69) is 17.9 Å². The van der Waals surface area contributed by atoms with Crippen LogP contribution in [0.15, 0.2) is 24.3 Å². The third-order valence-electron chi connectivity index (χ3n) is 3.03. The van der Waals surface area contributed by atoms with Crippen LogP contribution in [0.2, 0.25) is 5.02 Å². The lowest BCUT2D eigenvalue weighted by Crippen LogP contribution is -2.36. The molecule has 0 aliphatic carbocycles. The quantitative estimate of drug-likeness (QED) is 0.738. The number of ether oxygens (including phenoxy) is 1. The molecule has 1 unspecified atom stereocenters. The van der Waals surface area contributed by atoms with Gasteiger partial charge in [-0.05, 0) is 31.2 Å². The average Bonchev–Trinajstić information content (AvgIpc) is 2.38. The molecule has 1 aromatic rings. The van der Waals surface area contributed by atoms with Crippen molar-refractivity contribution in [3.8, 4) is 0 Å². The minimum Gasteiger partial charge on any atom is -0.380 e. The summed E-state index contributed by atoms with van der Waals surface area (Å²) in [6, 6.07) is 8.12. The van der Waals surface area contributed by atoms with Gasteiger partial charge in [0.25, 0.3) is 0 Å². The second-order valence-electron chi connectivity index (χ2n) is 4.13. The van der Waals surface area contributed by atoms with Gasteiger partial charge < -0.3 is 10.5 Å². The van der Waals surface area contributed by atoms with E-state index in [0.29, 0.717) is 6.54 Å². The van der Waals surface area contributed by atoms with E-state index in [1.54, 1.807) is 0 Å². The van der Waals surface area contributed by atoms with Crippen molar-refractivity contribution >= 4 is 11.6 Å². The summed E-state index contributed by atoms with van der Waals surface area (Å²) in [6.07, 6.45) is 0. The molecule has 0 saturated heterocycles. The molecule has 0 spiro atoms. The zero-order valence-electron chi connectivity index (χ0n) is 11.2. The summed E-state index contributed by atoms with van der Waals surface area (Å²) in [5.74, 6) is 0. The number of nitrogens with zero attached hydrogens (tertiary/aromatic N) is 1. The number of benzene rings is 1. The van der Waals surface area contributed by atoms with Gasteiger partial charge in [-0.3, -0.25) is 4.90 Å². The molecule has 0 heterocycles. The topological polar surface area (TPSA) is 38.5 Å². The molecule has 0 saturated carbocycles. The van der Waals surface area contributed by atoms with Gasteiger partial charge in [-0.2, -0.15) is 0 Å². The molecular weight excluding hydrogens is 248 g/mol. The number of halogens is 1. The predicted octanol–water partition coefficient (Wildman–Crippen LogP) is 2.70. The Balaban J connectivity index is 2.73. The van der Waals surface area contributed by atoms with Gasteiger partial charge in [0, 0.05) is 30.8 Å². The maximum Gasteiger partial charge on any atom is 0.0593 e. The molecule has 0 aliphatic rings. The Bertz CT molecular complexity index is 346. The number of hydrogen-bond acceptors (Lipinski definition) is 3. The molecule has 0 aliphatic heterocycles. The zero-order chi connectivity index (χ0) is 13.4. The Kier molecular flexibility index (Phi) is 7.28. The first-order valence-corrected chi connectivity index (χ1v) is 6.88. The molecule has 4 heteroatoms.